The molecule has 0 fully saturated rings. The molecule has 0 bridgehead atoms. The molecule has 1 heterocycles. The Bertz CT molecular complexity index is 514. The van der Waals surface area contributed by atoms with E-state index >= 15 is 0 Å². The molecule has 3 N–H and O–H groups in total. The Labute approximate surface area is 102 Å². The lowest BCUT2D eigenvalue weighted by atomic mass is 10.2. The van der Waals surface area contributed by atoms with Gasteiger partial charge in [-0.1, -0.05) is 41.7 Å². The normalized spacial score (nSPS) is 13.3. The van der Waals surface area contributed by atoms with Crippen LogP contribution in [0.15, 0.2) is 35.8 Å². The largest absolute Gasteiger partial charge is 0.352 e. The fraction of sp³-hybridized carbons (Fsp3) is 0.111. The molecule has 1 unspecified atom stereocenters. The molecule has 0 aliphatic rings. The monoisotopic (exact) mass is 271 g/mol. The van der Waals surface area contributed by atoms with Gasteiger partial charge in [0.1, 0.15) is 5.51 Å². The number of hydrogen-bond donors (Lipinski definition) is 3. The van der Waals surface area contributed by atoms with Gasteiger partial charge in [0.25, 0.3) is 0 Å². The van der Waals surface area contributed by atoms with Crippen molar-refractivity contribution in [3.05, 3.63) is 41.4 Å². The van der Waals surface area contributed by atoms with Gasteiger partial charge in [0.2, 0.25) is 5.13 Å². The van der Waals surface area contributed by atoms with Crippen molar-refractivity contribution in [3.63, 3.8) is 0 Å². The molecule has 0 radical (unpaired) electrons. The van der Waals surface area contributed by atoms with Crippen LogP contribution in [0.1, 0.15) is 11.3 Å². The summed E-state index contributed by atoms with van der Waals surface area (Å²) in [6.07, 6.45) is 0. The van der Waals surface area contributed by atoms with Crippen LogP contribution in [0.3, 0.4) is 0 Å². The molecular formula is C9H10N3O3PS. The highest BCUT2D eigenvalue weighted by Crippen LogP contribution is 2.51. The topological polar surface area (TPSA) is 95.3 Å². The van der Waals surface area contributed by atoms with Gasteiger partial charge in [-0.3, -0.25) is 4.57 Å². The van der Waals surface area contributed by atoms with Gasteiger partial charge in [0, 0.05) is 0 Å². The summed E-state index contributed by atoms with van der Waals surface area (Å²) in [6.45, 7) is 0. The Morgan fingerprint density at radius 3 is 2.53 bits per heavy atom. The summed E-state index contributed by atoms with van der Waals surface area (Å²) < 4.78 is 11.4. The Hall–Kier alpha value is -1.27. The fourth-order valence-corrected chi connectivity index (χ4v) is 2.76. The second-order valence-electron chi connectivity index (χ2n) is 3.29. The minimum absolute atomic E-state index is 0.377. The highest BCUT2D eigenvalue weighted by atomic mass is 32.1. The first-order valence-electron chi connectivity index (χ1n) is 4.70. The maximum Gasteiger partial charge on any atom is 0.352 e. The molecule has 0 aliphatic carbocycles. The van der Waals surface area contributed by atoms with E-state index in [2.05, 4.69) is 15.5 Å². The number of aromatic nitrogens is 2. The number of rotatable bonds is 4. The van der Waals surface area contributed by atoms with Crippen molar-refractivity contribution in [1.29, 1.82) is 0 Å². The summed E-state index contributed by atoms with van der Waals surface area (Å²) >= 11 is 1.19. The van der Waals surface area contributed by atoms with E-state index in [0.29, 0.717) is 10.7 Å². The molecule has 1 aromatic heterocycles. The molecule has 2 aromatic rings. The predicted molar refractivity (Wildman–Crippen MR) is 64.8 cm³/mol. The van der Waals surface area contributed by atoms with Gasteiger partial charge in [0.05, 0.1) is 0 Å². The highest BCUT2D eigenvalue weighted by Gasteiger charge is 2.30. The average Bonchev–Trinajstić information content (AvgIpc) is 2.78. The van der Waals surface area contributed by atoms with Crippen LogP contribution in [0.4, 0.5) is 5.13 Å². The fourth-order valence-electron chi connectivity index (χ4n) is 1.35. The van der Waals surface area contributed by atoms with E-state index in [1.54, 1.807) is 30.3 Å². The standard InChI is InChI=1S/C9H10N3O3PS/c13-16(14,15)8(7-4-2-1-3-5-7)11-9-12-10-6-17-9/h1-6,8H,(H,11,12)(H2,13,14,15). The Kier molecular flexibility index (Phi) is 3.54. The molecule has 0 saturated heterocycles. The summed E-state index contributed by atoms with van der Waals surface area (Å²) in [4.78, 5) is 18.7. The second kappa shape index (κ2) is 4.93. The van der Waals surface area contributed by atoms with Crippen molar-refractivity contribution >= 4 is 24.1 Å². The van der Waals surface area contributed by atoms with Gasteiger partial charge in [-0.15, -0.1) is 10.2 Å². The number of benzene rings is 1. The van der Waals surface area contributed by atoms with Crippen LogP contribution in [0, 0.1) is 0 Å². The summed E-state index contributed by atoms with van der Waals surface area (Å²) in [5, 5.41) is 10.4. The smallest absolute Gasteiger partial charge is 0.342 e. The maximum absolute atomic E-state index is 11.4. The first-order chi connectivity index (χ1) is 8.07. The van der Waals surface area contributed by atoms with E-state index in [0.717, 1.165) is 0 Å². The molecule has 0 aliphatic heterocycles. The van der Waals surface area contributed by atoms with E-state index in [4.69, 9.17) is 0 Å². The minimum Gasteiger partial charge on any atom is -0.342 e. The quantitative estimate of drug-likeness (QED) is 0.734. The third-order valence-electron chi connectivity index (χ3n) is 2.07. The Balaban J connectivity index is 2.30. The maximum atomic E-state index is 11.4. The van der Waals surface area contributed by atoms with E-state index in [1.165, 1.54) is 16.8 Å². The molecular weight excluding hydrogens is 261 g/mol. The predicted octanol–water partition coefficient (Wildman–Crippen LogP) is 1.83. The molecule has 2 rings (SSSR count). The van der Waals surface area contributed by atoms with Gasteiger partial charge < -0.3 is 15.1 Å². The van der Waals surface area contributed by atoms with Gasteiger partial charge >= 0.3 is 7.60 Å². The van der Waals surface area contributed by atoms with E-state index < -0.39 is 13.4 Å². The van der Waals surface area contributed by atoms with E-state index in [9.17, 15) is 14.4 Å². The molecule has 1 aromatic carbocycles. The van der Waals surface area contributed by atoms with Crippen molar-refractivity contribution in [1.82, 2.24) is 10.2 Å². The van der Waals surface area contributed by atoms with Crippen LogP contribution in [-0.4, -0.2) is 20.0 Å². The van der Waals surface area contributed by atoms with Crippen molar-refractivity contribution in [3.8, 4) is 0 Å². The van der Waals surface area contributed by atoms with Crippen LogP contribution in [0.2, 0.25) is 0 Å². The van der Waals surface area contributed by atoms with Crippen molar-refractivity contribution in [2.24, 2.45) is 0 Å². The van der Waals surface area contributed by atoms with Crippen molar-refractivity contribution in [2.45, 2.75) is 5.78 Å². The van der Waals surface area contributed by atoms with Gasteiger partial charge in [0.15, 0.2) is 5.78 Å². The number of nitrogens with zero attached hydrogens (tertiary/aromatic N) is 2. The van der Waals surface area contributed by atoms with E-state index in [-0.39, 0.29) is 0 Å². The average molecular weight is 271 g/mol. The molecule has 17 heavy (non-hydrogen) atoms. The lowest BCUT2D eigenvalue weighted by Crippen LogP contribution is -2.11. The van der Waals surface area contributed by atoms with Crippen LogP contribution < -0.4 is 5.32 Å². The molecule has 1 atom stereocenters. The molecule has 90 valence electrons. The summed E-state index contributed by atoms with van der Waals surface area (Å²) in [6, 6.07) is 8.53. The molecule has 0 spiro atoms. The zero-order chi connectivity index (χ0) is 12.3. The zero-order valence-corrected chi connectivity index (χ0v) is 10.3. The Morgan fingerprint density at radius 1 is 1.29 bits per heavy atom. The van der Waals surface area contributed by atoms with Crippen molar-refractivity contribution < 1.29 is 14.4 Å². The molecule has 0 saturated carbocycles. The van der Waals surface area contributed by atoms with Crippen LogP contribution in [0.25, 0.3) is 0 Å². The van der Waals surface area contributed by atoms with Gasteiger partial charge in [-0.05, 0) is 5.56 Å². The first kappa shape index (κ1) is 12.2. The van der Waals surface area contributed by atoms with E-state index in [1.807, 2.05) is 0 Å². The third-order valence-corrected chi connectivity index (χ3v) is 3.79. The lowest BCUT2D eigenvalue weighted by molar-refractivity contribution is 0.363. The molecule has 0 amide bonds. The van der Waals surface area contributed by atoms with Crippen molar-refractivity contribution in [2.75, 3.05) is 5.32 Å². The third kappa shape index (κ3) is 3.10. The number of hydrogen-bond acceptors (Lipinski definition) is 5. The molecule has 8 heteroatoms. The Morgan fingerprint density at radius 2 is 2.00 bits per heavy atom. The molecule has 6 nitrogen and oxygen atoms in total. The first-order valence-corrected chi connectivity index (χ1v) is 7.26. The highest BCUT2D eigenvalue weighted by molar-refractivity contribution is 7.52. The lowest BCUT2D eigenvalue weighted by Gasteiger charge is -2.19. The second-order valence-corrected chi connectivity index (χ2v) is 5.82. The van der Waals surface area contributed by atoms with Gasteiger partial charge in [-0.25, -0.2) is 0 Å². The van der Waals surface area contributed by atoms with Crippen LogP contribution >= 0.6 is 18.9 Å². The van der Waals surface area contributed by atoms with Crippen LogP contribution in [-0.2, 0) is 4.57 Å². The summed E-state index contributed by atoms with van der Waals surface area (Å²) in [5.41, 5.74) is 2.00. The zero-order valence-electron chi connectivity index (χ0n) is 8.59. The van der Waals surface area contributed by atoms with Crippen LogP contribution in [0.5, 0.6) is 0 Å². The summed E-state index contributed by atoms with van der Waals surface area (Å²) in [7, 11) is -4.31. The van der Waals surface area contributed by atoms with Gasteiger partial charge in [-0.2, -0.15) is 0 Å². The SMILES string of the molecule is O=P(O)(O)C(Nc1nncs1)c1ccccc1. The number of nitrogens with one attached hydrogen (secondary N) is 1. The number of anilines is 1. The minimum atomic E-state index is -4.31. The summed E-state index contributed by atoms with van der Waals surface area (Å²) in [5.74, 6) is -1.10.